The van der Waals surface area contributed by atoms with Gasteiger partial charge in [-0.05, 0) is 76.4 Å². The first-order chi connectivity index (χ1) is 16.3. The van der Waals surface area contributed by atoms with Crippen LogP contribution in [0.3, 0.4) is 0 Å². The fourth-order valence-electron chi connectivity index (χ4n) is 3.84. The zero-order chi connectivity index (χ0) is 23.9. The summed E-state index contributed by atoms with van der Waals surface area (Å²) in [5.41, 5.74) is 3.21. The number of carbonyl (C=O) groups excluding carboxylic acids is 1. The molecule has 0 N–H and O–H groups in total. The van der Waals surface area contributed by atoms with Crippen LogP contribution in [0.2, 0.25) is 0 Å². The highest BCUT2D eigenvalue weighted by atomic mass is 19.1. The molecule has 1 saturated carbocycles. The highest BCUT2D eigenvalue weighted by Crippen LogP contribution is 2.35. The van der Waals surface area contributed by atoms with E-state index in [0.717, 1.165) is 60.7 Å². The zero-order valence-electron chi connectivity index (χ0n) is 19.9. The molecule has 0 spiro atoms. The number of ether oxygens (including phenoxy) is 2. The molecule has 0 radical (unpaired) electrons. The van der Waals surface area contributed by atoms with E-state index in [-0.39, 0.29) is 18.2 Å². The number of aromatic nitrogens is 2. The van der Waals surface area contributed by atoms with Gasteiger partial charge in [-0.25, -0.2) is 9.07 Å². The Kier molecular flexibility index (Phi) is 5.90. The molecule has 2 aromatic carbocycles. The number of carbonyl (C=O) groups is 1. The summed E-state index contributed by atoms with van der Waals surface area (Å²) in [4.78, 5) is 14.1. The molecular weight excluding hydrogens is 433 g/mol. The van der Waals surface area contributed by atoms with Gasteiger partial charge in [0.2, 0.25) is 0 Å². The lowest BCUT2D eigenvalue weighted by atomic mass is 10.1. The highest BCUT2D eigenvalue weighted by Gasteiger charge is 2.27. The third kappa shape index (κ3) is 4.71. The van der Waals surface area contributed by atoms with Crippen LogP contribution in [0.25, 0.3) is 16.9 Å². The van der Waals surface area contributed by atoms with E-state index in [0.29, 0.717) is 11.8 Å². The number of nitrogens with zero attached hydrogens (tertiary/aromatic N) is 3. The molecule has 2 fully saturated rings. The second kappa shape index (κ2) is 8.87. The Hall–Kier alpha value is -3.19. The SMILES string of the molecule is CC(=O)C(C)(C)OCc1cc(-c2cccc(OC3CC3)c2)n(-c2ccc(F)cc2N2CCC2)n1. The van der Waals surface area contributed by atoms with Gasteiger partial charge in [-0.3, -0.25) is 4.79 Å². The van der Waals surface area contributed by atoms with E-state index >= 15 is 0 Å². The average molecular weight is 464 g/mol. The predicted molar refractivity (Wildman–Crippen MR) is 129 cm³/mol. The number of rotatable bonds is 9. The van der Waals surface area contributed by atoms with Crippen molar-refractivity contribution in [2.45, 2.75) is 58.3 Å². The lowest BCUT2D eigenvalue weighted by molar-refractivity contribution is -0.139. The molecule has 1 saturated heterocycles. The van der Waals surface area contributed by atoms with Gasteiger partial charge in [-0.15, -0.1) is 0 Å². The molecule has 0 bridgehead atoms. The molecule has 1 aliphatic heterocycles. The quantitative estimate of drug-likeness (QED) is 0.430. The van der Waals surface area contributed by atoms with Crippen LogP contribution in [0.4, 0.5) is 10.1 Å². The van der Waals surface area contributed by atoms with Gasteiger partial charge in [0, 0.05) is 18.7 Å². The van der Waals surface area contributed by atoms with Crippen LogP contribution in [-0.4, -0.2) is 40.4 Å². The van der Waals surface area contributed by atoms with Crippen molar-refractivity contribution in [2.75, 3.05) is 18.0 Å². The minimum Gasteiger partial charge on any atom is -0.490 e. The number of anilines is 1. The van der Waals surface area contributed by atoms with E-state index in [1.807, 2.05) is 35.0 Å². The number of hydrogen-bond acceptors (Lipinski definition) is 5. The first-order valence-corrected chi connectivity index (χ1v) is 11.9. The molecule has 3 aromatic rings. The summed E-state index contributed by atoms with van der Waals surface area (Å²) in [5, 5.41) is 4.84. The normalized spacial score (nSPS) is 15.8. The highest BCUT2D eigenvalue weighted by molar-refractivity contribution is 5.84. The monoisotopic (exact) mass is 463 g/mol. The third-order valence-corrected chi connectivity index (χ3v) is 6.51. The van der Waals surface area contributed by atoms with Crippen molar-refractivity contribution >= 4 is 11.5 Å². The van der Waals surface area contributed by atoms with Crippen molar-refractivity contribution in [1.82, 2.24) is 9.78 Å². The van der Waals surface area contributed by atoms with Gasteiger partial charge >= 0.3 is 0 Å². The molecule has 2 aliphatic rings. The predicted octanol–water partition coefficient (Wildman–Crippen LogP) is 5.31. The van der Waals surface area contributed by atoms with Crippen LogP contribution in [0.15, 0.2) is 48.5 Å². The topological polar surface area (TPSA) is 56.6 Å². The summed E-state index contributed by atoms with van der Waals surface area (Å²) in [6.45, 7) is 7.00. The Morgan fingerprint density at radius 2 is 1.91 bits per heavy atom. The minimum atomic E-state index is -0.902. The fraction of sp³-hybridized carbons (Fsp3) is 0.407. The fourth-order valence-corrected chi connectivity index (χ4v) is 3.84. The maximum atomic E-state index is 14.2. The van der Waals surface area contributed by atoms with Crippen molar-refractivity contribution < 1.29 is 18.7 Å². The largest absolute Gasteiger partial charge is 0.490 e. The Morgan fingerprint density at radius 1 is 1.12 bits per heavy atom. The number of Topliss-reactive ketones (excluding diaryl/α,β-unsaturated/α-hetero) is 1. The third-order valence-electron chi connectivity index (χ3n) is 6.51. The van der Waals surface area contributed by atoms with E-state index < -0.39 is 5.60 Å². The first-order valence-electron chi connectivity index (χ1n) is 11.9. The summed E-state index contributed by atoms with van der Waals surface area (Å²) >= 11 is 0. The molecule has 1 aliphatic carbocycles. The zero-order valence-corrected chi connectivity index (χ0v) is 19.9. The second-order valence-corrected chi connectivity index (χ2v) is 9.61. The maximum Gasteiger partial charge on any atom is 0.161 e. The summed E-state index contributed by atoms with van der Waals surface area (Å²) in [7, 11) is 0. The standard InChI is InChI=1S/C27H30FN3O3/c1-18(32)27(2,3)33-17-21-16-25(19-6-4-7-23(14-19)34-22-9-10-22)31(29-21)24-11-8-20(28)15-26(24)30-12-5-13-30/h4,6-8,11,14-16,22H,5,9-10,12-13,17H2,1-3H3. The summed E-state index contributed by atoms with van der Waals surface area (Å²) < 4.78 is 28.0. The molecular formula is C27H30FN3O3. The molecule has 6 nitrogen and oxygen atoms in total. The summed E-state index contributed by atoms with van der Waals surface area (Å²) in [6.07, 6.45) is 3.56. The van der Waals surface area contributed by atoms with E-state index in [1.54, 1.807) is 26.0 Å². The molecule has 0 unspecified atom stereocenters. The van der Waals surface area contributed by atoms with Crippen LogP contribution in [0.1, 0.15) is 45.7 Å². The molecule has 34 heavy (non-hydrogen) atoms. The molecule has 0 amide bonds. The van der Waals surface area contributed by atoms with E-state index in [2.05, 4.69) is 4.90 Å². The molecule has 0 atom stereocenters. The molecule has 7 heteroatoms. The van der Waals surface area contributed by atoms with Gasteiger partial charge in [0.15, 0.2) is 5.78 Å². The number of hydrogen-bond donors (Lipinski definition) is 0. The van der Waals surface area contributed by atoms with Gasteiger partial charge < -0.3 is 14.4 Å². The van der Waals surface area contributed by atoms with Crippen LogP contribution in [-0.2, 0) is 16.1 Å². The van der Waals surface area contributed by atoms with Gasteiger partial charge in [0.05, 0.1) is 35.5 Å². The first kappa shape index (κ1) is 22.6. The molecule has 1 aromatic heterocycles. The van der Waals surface area contributed by atoms with E-state index in [4.69, 9.17) is 14.6 Å². The Bertz CT molecular complexity index is 1210. The van der Waals surface area contributed by atoms with Gasteiger partial charge in [0.1, 0.15) is 17.2 Å². The molecule has 5 rings (SSSR count). The Morgan fingerprint density at radius 3 is 2.59 bits per heavy atom. The van der Waals surface area contributed by atoms with E-state index in [9.17, 15) is 9.18 Å². The van der Waals surface area contributed by atoms with Crippen LogP contribution in [0, 0.1) is 5.82 Å². The Labute approximate surface area is 199 Å². The van der Waals surface area contributed by atoms with Gasteiger partial charge in [0.25, 0.3) is 0 Å². The van der Waals surface area contributed by atoms with Crippen molar-refractivity contribution in [1.29, 1.82) is 0 Å². The second-order valence-electron chi connectivity index (χ2n) is 9.61. The van der Waals surface area contributed by atoms with Crippen molar-refractivity contribution in [3.05, 3.63) is 60.0 Å². The summed E-state index contributed by atoms with van der Waals surface area (Å²) in [6, 6.07) is 14.7. The van der Waals surface area contributed by atoms with Crippen molar-refractivity contribution in [3.63, 3.8) is 0 Å². The smallest absolute Gasteiger partial charge is 0.161 e. The lowest BCUT2D eigenvalue weighted by Gasteiger charge is -2.34. The number of halogens is 1. The van der Waals surface area contributed by atoms with Crippen LogP contribution in [0.5, 0.6) is 5.75 Å². The van der Waals surface area contributed by atoms with Crippen molar-refractivity contribution in [2.24, 2.45) is 0 Å². The lowest BCUT2D eigenvalue weighted by Crippen LogP contribution is -2.37. The Balaban J connectivity index is 1.56. The van der Waals surface area contributed by atoms with Gasteiger partial charge in [-0.1, -0.05) is 12.1 Å². The van der Waals surface area contributed by atoms with Crippen molar-refractivity contribution in [3.8, 4) is 22.7 Å². The van der Waals surface area contributed by atoms with Crippen LogP contribution < -0.4 is 9.64 Å². The minimum absolute atomic E-state index is 0.0457. The number of benzene rings is 2. The maximum absolute atomic E-state index is 14.2. The van der Waals surface area contributed by atoms with Gasteiger partial charge in [-0.2, -0.15) is 5.10 Å². The number of ketones is 1. The average Bonchev–Trinajstić information content (AvgIpc) is 3.47. The summed E-state index contributed by atoms with van der Waals surface area (Å²) in [5.74, 6) is 0.506. The van der Waals surface area contributed by atoms with E-state index in [1.165, 1.54) is 13.0 Å². The molecule has 178 valence electrons. The molecule has 2 heterocycles. The van der Waals surface area contributed by atoms with Crippen LogP contribution >= 0.6 is 0 Å².